The largest absolute Gasteiger partial charge is 0.338 e. The van der Waals surface area contributed by atoms with Crippen LogP contribution in [-0.2, 0) is 5.41 Å². The van der Waals surface area contributed by atoms with Crippen LogP contribution in [0.15, 0.2) is 4.52 Å². The molecular formula is C12H21N3OS2. The molecule has 1 aromatic heterocycles. The summed E-state index contributed by atoms with van der Waals surface area (Å²) in [7, 11) is 0. The summed E-state index contributed by atoms with van der Waals surface area (Å²) in [6, 6.07) is 0.201. The summed E-state index contributed by atoms with van der Waals surface area (Å²) >= 11 is 3.95. The van der Waals surface area contributed by atoms with E-state index in [1.807, 2.05) is 23.5 Å². The Labute approximate surface area is 117 Å². The maximum Gasteiger partial charge on any atom is 0.243 e. The summed E-state index contributed by atoms with van der Waals surface area (Å²) in [5, 5.41) is 4.10. The van der Waals surface area contributed by atoms with Crippen LogP contribution in [0.3, 0.4) is 0 Å². The molecule has 1 saturated heterocycles. The lowest BCUT2D eigenvalue weighted by atomic mass is 9.96. The van der Waals surface area contributed by atoms with Crippen molar-refractivity contribution in [2.75, 3.05) is 23.3 Å². The van der Waals surface area contributed by atoms with Gasteiger partial charge in [0.05, 0.1) is 6.04 Å². The Balaban J connectivity index is 2.08. The quantitative estimate of drug-likeness (QED) is 0.832. The highest BCUT2D eigenvalue weighted by Crippen LogP contribution is 2.28. The summed E-state index contributed by atoms with van der Waals surface area (Å²) in [5.74, 6) is 6.07. The fourth-order valence-electron chi connectivity index (χ4n) is 1.61. The molecule has 102 valence electrons. The van der Waals surface area contributed by atoms with Crippen molar-refractivity contribution < 1.29 is 4.52 Å². The highest BCUT2D eigenvalue weighted by molar-refractivity contribution is 8.03. The van der Waals surface area contributed by atoms with Crippen molar-refractivity contribution in [3.63, 3.8) is 0 Å². The zero-order valence-corrected chi connectivity index (χ0v) is 13.1. The second kappa shape index (κ2) is 5.84. The molecule has 0 aromatic carbocycles. The molecule has 2 heterocycles. The third-order valence-electron chi connectivity index (χ3n) is 2.90. The van der Waals surface area contributed by atoms with Gasteiger partial charge in [0.1, 0.15) is 0 Å². The Morgan fingerprint density at radius 3 is 2.33 bits per heavy atom. The Bertz CT molecular complexity index is 381. The zero-order chi connectivity index (χ0) is 13.2. The first-order valence-corrected chi connectivity index (χ1v) is 8.53. The van der Waals surface area contributed by atoms with Crippen molar-refractivity contribution in [2.24, 2.45) is 0 Å². The van der Waals surface area contributed by atoms with Crippen LogP contribution >= 0.6 is 23.5 Å². The predicted molar refractivity (Wildman–Crippen MR) is 77.9 cm³/mol. The maximum atomic E-state index is 5.43. The highest BCUT2D eigenvalue weighted by Gasteiger charge is 2.26. The van der Waals surface area contributed by atoms with Gasteiger partial charge in [-0.15, -0.1) is 23.5 Å². The van der Waals surface area contributed by atoms with E-state index in [0.717, 1.165) is 23.5 Å². The number of rotatable bonds is 2. The average Bonchev–Trinajstić information content (AvgIpc) is 2.65. The standard InChI is InChI=1S/C12H21N3OS2/c1-9(15-7-17-5-6-18-8-15)10-13-11(14-16-10)12(2,3)4/h9H,5-8H2,1-4H3. The van der Waals surface area contributed by atoms with E-state index in [1.54, 1.807) is 0 Å². The van der Waals surface area contributed by atoms with Crippen LogP contribution in [0.2, 0.25) is 0 Å². The van der Waals surface area contributed by atoms with Crippen LogP contribution in [0.25, 0.3) is 0 Å². The molecule has 0 saturated carbocycles. The van der Waals surface area contributed by atoms with Gasteiger partial charge < -0.3 is 4.52 Å². The minimum Gasteiger partial charge on any atom is -0.338 e. The maximum absolute atomic E-state index is 5.43. The summed E-state index contributed by atoms with van der Waals surface area (Å²) < 4.78 is 5.43. The lowest BCUT2D eigenvalue weighted by Gasteiger charge is -2.23. The van der Waals surface area contributed by atoms with Crippen molar-refractivity contribution in [3.8, 4) is 0 Å². The number of nitrogens with zero attached hydrogens (tertiary/aromatic N) is 3. The van der Waals surface area contributed by atoms with E-state index >= 15 is 0 Å². The molecule has 6 heteroatoms. The van der Waals surface area contributed by atoms with Crippen LogP contribution < -0.4 is 0 Å². The molecule has 4 nitrogen and oxygen atoms in total. The monoisotopic (exact) mass is 287 g/mol. The van der Waals surface area contributed by atoms with Gasteiger partial charge in [-0.1, -0.05) is 25.9 Å². The topological polar surface area (TPSA) is 42.2 Å². The van der Waals surface area contributed by atoms with E-state index < -0.39 is 0 Å². The smallest absolute Gasteiger partial charge is 0.243 e. The highest BCUT2D eigenvalue weighted by atomic mass is 32.2. The molecule has 0 radical (unpaired) electrons. The summed E-state index contributed by atoms with van der Waals surface area (Å²) in [6.45, 7) is 8.45. The number of aromatic nitrogens is 2. The minimum absolute atomic E-state index is 0.0518. The minimum atomic E-state index is -0.0518. The van der Waals surface area contributed by atoms with Crippen LogP contribution in [-0.4, -0.2) is 38.3 Å². The van der Waals surface area contributed by atoms with E-state index in [4.69, 9.17) is 4.52 Å². The average molecular weight is 287 g/mol. The van der Waals surface area contributed by atoms with Crippen molar-refractivity contribution in [3.05, 3.63) is 11.7 Å². The molecule has 1 aliphatic rings. The van der Waals surface area contributed by atoms with Gasteiger partial charge in [-0.2, -0.15) is 4.98 Å². The molecule has 1 unspecified atom stereocenters. The fraction of sp³-hybridized carbons (Fsp3) is 0.833. The van der Waals surface area contributed by atoms with Gasteiger partial charge in [0, 0.05) is 28.7 Å². The molecule has 0 bridgehead atoms. The first-order valence-electron chi connectivity index (χ1n) is 6.22. The summed E-state index contributed by atoms with van der Waals surface area (Å²) in [4.78, 5) is 6.94. The molecule has 0 spiro atoms. The van der Waals surface area contributed by atoms with Crippen LogP contribution in [0, 0.1) is 0 Å². The van der Waals surface area contributed by atoms with E-state index in [1.165, 1.54) is 11.5 Å². The molecule has 2 rings (SSSR count). The molecule has 18 heavy (non-hydrogen) atoms. The molecule has 1 atom stereocenters. The third kappa shape index (κ3) is 3.42. The van der Waals surface area contributed by atoms with E-state index in [-0.39, 0.29) is 11.5 Å². The molecular weight excluding hydrogens is 266 g/mol. The number of thioether (sulfide) groups is 2. The van der Waals surface area contributed by atoms with Gasteiger partial charge in [0.15, 0.2) is 5.82 Å². The van der Waals surface area contributed by atoms with Gasteiger partial charge in [0.25, 0.3) is 0 Å². The SMILES string of the molecule is CC(c1nc(C(C)(C)C)no1)N1CSCCSC1. The zero-order valence-electron chi connectivity index (χ0n) is 11.5. The lowest BCUT2D eigenvalue weighted by molar-refractivity contribution is 0.229. The van der Waals surface area contributed by atoms with Crippen LogP contribution in [0.1, 0.15) is 45.5 Å². The number of hydrogen-bond acceptors (Lipinski definition) is 6. The van der Waals surface area contributed by atoms with Gasteiger partial charge in [-0.25, -0.2) is 0 Å². The Morgan fingerprint density at radius 2 is 1.83 bits per heavy atom. The Hall–Kier alpha value is -0.200. The molecule has 0 amide bonds. The van der Waals surface area contributed by atoms with Crippen molar-refractivity contribution in [1.29, 1.82) is 0 Å². The van der Waals surface area contributed by atoms with E-state index in [2.05, 4.69) is 42.7 Å². The van der Waals surface area contributed by atoms with Gasteiger partial charge in [-0.3, -0.25) is 4.90 Å². The molecule has 0 aliphatic carbocycles. The Kier molecular flexibility index (Phi) is 4.61. The first-order chi connectivity index (χ1) is 8.48. The predicted octanol–water partition coefficient (Wildman–Crippen LogP) is 3.13. The summed E-state index contributed by atoms with van der Waals surface area (Å²) in [5.41, 5.74) is -0.0518. The Morgan fingerprint density at radius 1 is 1.22 bits per heavy atom. The van der Waals surface area contributed by atoms with Gasteiger partial charge in [0.2, 0.25) is 5.89 Å². The van der Waals surface area contributed by atoms with Crippen molar-refractivity contribution >= 4 is 23.5 Å². The van der Waals surface area contributed by atoms with Crippen LogP contribution in [0.4, 0.5) is 0 Å². The summed E-state index contributed by atoms with van der Waals surface area (Å²) in [6.07, 6.45) is 0. The third-order valence-corrected chi connectivity index (χ3v) is 5.18. The second-order valence-corrected chi connectivity index (χ2v) is 7.70. The number of hydrogen-bond donors (Lipinski definition) is 0. The lowest BCUT2D eigenvalue weighted by Crippen LogP contribution is -2.26. The first kappa shape index (κ1) is 14.2. The fourth-order valence-corrected chi connectivity index (χ4v) is 4.02. The van der Waals surface area contributed by atoms with Crippen molar-refractivity contribution in [2.45, 2.75) is 39.2 Å². The van der Waals surface area contributed by atoms with Crippen LogP contribution in [0.5, 0.6) is 0 Å². The normalized spacial score (nSPS) is 20.7. The molecule has 0 N–H and O–H groups in total. The second-order valence-electron chi connectivity index (χ2n) is 5.55. The van der Waals surface area contributed by atoms with E-state index in [0.29, 0.717) is 0 Å². The molecule has 1 aromatic rings. The van der Waals surface area contributed by atoms with E-state index in [9.17, 15) is 0 Å². The van der Waals surface area contributed by atoms with Gasteiger partial charge >= 0.3 is 0 Å². The van der Waals surface area contributed by atoms with Crippen molar-refractivity contribution in [1.82, 2.24) is 15.0 Å². The molecule has 1 fully saturated rings. The van der Waals surface area contributed by atoms with Gasteiger partial charge in [-0.05, 0) is 6.92 Å². The molecule has 1 aliphatic heterocycles.